The molecule has 0 amide bonds. The predicted octanol–water partition coefficient (Wildman–Crippen LogP) is 1.18. The quantitative estimate of drug-likeness (QED) is 0.527. The van der Waals surface area contributed by atoms with Gasteiger partial charge in [-0.15, -0.1) is 0 Å². The highest BCUT2D eigenvalue weighted by Crippen LogP contribution is 2.38. The summed E-state index contributed by atoms with van der Waals surface area (Å²) in [5, 5.41) is 23.9. The third-order valence-corrected chi connectivity index (χ3v) is 1.29. The molecule has 0 aromatic heterocycles. The zero-order chi connectivity index (χ0) is 14.3. The van der Waals surface area contributed by atoms with Gasteiger partial charge in [-0.3, -0.25) is 0 Å². The number of rotatable bonds is 4. The lowest BCUT2D eigenvalue weighted by atomic mass is 10.1. The zero-order valence-corrected chi connectivity index (χ0v) is 8.42. The molecule has 102 valence electrons. The van der Waals surface area contributed by atoms with Crippen molar-refractivity contribution in [3.8, 4) is 0 Å². The summed E-state index contributed by atoms with van der Waals surface area (Å²) in [5.74, 6) is -5.93. The van der Waals surface area contributed by atoms with Crippen LogP contribution in [0.2, 0.25) is 0 Å². The average molecular weight is 266 g/mol. The summed E-state index contributed by atoms with van der Waals surface area (Å²) in [7, 11) is 0. The van der Waals surface area contributed by atoms with Gasteiger partial charge in [0.25, 0.3) is 0 Å². The van der Waals surface area contributed by atoms with E-state index in [2.05, 4.69) is 6.58 Å². The largest absolute Gasteiger partial charge is 0.478 e. The smallest absolute Gasteiger partial charge is 0.453 e. The van der Waals surface area contributed by atoms with Crippen molar-refractivity contribution < 1.29 is 42.1 Å². The number of hydrogen-bond acceptors (Lipinski definition) is 3. The first-order valence-electron chi connectivity index (χ1n) is 4.06. The van der Waals surface area contributed by atoms with Crippen molar-refractivity contribution >= 4 is 5.97 Å². The molecule has 1 atom stereocenters. The Bertz CT molecular complexity index is 251. The fourth-order valence-electron chi connectivity index (χ4n) is 0.476. The molecule has 1 unspecified atom stereocenters. The average Bonchev–Trinajstić information content (AvgIpc) is 2.16. The molecule has 17 heavy (non-hydrogen) atoms. The molecule has 0 aliphatic rings. The van der Waals surface area contributed by atoms with Crippen molar-refractivity contribution in [1.29, 1.82) is 0 Å². The lowest BCUT2D eigenvalue weighted by Gasteiger charge is -2.21. The van der Waals surface area contributed by atoms with E-state index in [1.807, 2.05) is 0 Å². The van der Waals surface area contributed by atoms with Gasteiger partial charge in [-0.25, -0.2) is 4.79 Å². The van der Waals surface area contributed by atoms with E-state index in [9.17, 15) is 26.7 Å². The van der Waals surface area contributed by atoms with Crippen LogP contribution in [0.4, 0.5) is 22.0 Å². The van der Waals surface area contributed by atoms with Crippen LogP contribution in [0.25, 0.3) is 0 Å². The van der Waals surface area contributed by atoms with E-state index < -0.39 is 37.2 Å². The molecule has 4 nitrogen and oxygen atoms in total. The highest BCUT2D eigenvalue weighted by Gasteiger charge is 2.57. The second kappa shape index (κ2) is 7.17. The van der Waals surface area contributed by atoms with Crippen molar-refractivity contribution in [2.75, 3.05) is 6.61 Å². The van der Waals surface area contributed by atoms with Gasteiger partial charge in [-0.05, 0) is 0 Å². The molecule has 0 saturated carbocycles. The molecule has 0 aliphatic carbocycles. The standard InChI is InChI=1S/C5H7F5O2.C3H4O2/c6-4(7,5(8,9)10)1-3(12)2-11;1-2-3(4)5/h3,11-12H,1-2H2;2H,1H2,(H,4,5). The highest BCUT2D eigenvalue weighted by molar-refractivity contribution is 5.78. The van der Waals surface area contributed by atoms with E-state index in [0.29, 0.717) is 0 Å². The second-order valence-corrected chi connectivity index (χ2v) is 2.79. The summed E-state index contributed by atoms with van der Waals surface area (Å²) in [5.41, 5.74) is 0. The highest BCUT2D eigenvalue weighted by atomic mass is 19.4. The van der Waals surface area contributed by atoms with Gasteiger partial charge in [0.15, 0.2) is 0 Å². The number of aliphatic carboxylic acids is 1. The van der Waals surface area contributed by atoms with Crippen molar-refractivity contribution in [3.63, 3.8) is 0 Å². The van der Waals surface area contributed by atoms with Crippen LogP contribution in [-0.4, -0.2) is 46.1 Å². The van der Waals surface area contributed by atoms with Gasteiger partial charge in [-0.2, -0.15) is 22.0 Å². The van der Waals surface area contributed by atoms with Gasteiger partial charge in [-0.1, -0.05) is 6.58 Å². The minimum absolute atomic E-state index is 0.833. The van der Waals surface area contributed by atoms with Crippen LogP contribution in [0.1, 0.15) is 6.42 Å². The minimum atomic E-state index is -5.68. The molecule has 0 bridgehead atoms. The lowest BCUT2D eigenvalue weighted by Crippen LogP contribution is -2.40. The van der Waals surface area contributed by atoms with E-state index >= 15 is 0 Å². The van der Waals surface area contributed by atoms with Crippen LogP contribution in [0.5, 0.6) is 0 Å². The summed E-state index contributed by atoms with van der Waals surface area (Å²) in [6.45, 7) is 1.84. The molecule has 0 heterocycles. The lowest BCUT2D eigenvalue weighted by molar-refractivity contribution is -0.290. The van der Waals surface area contributed by atoms with E-state index in [-0.39, 0.29) is 0 Å². The molecule has 0 aromatic rings. The number of carboxylic acid groups (broad SMARTS) is 1. The van der Waals surface area contributed by atoms with Gasteiger partial charge in [0, 0.05) is 12.5 Å². The maximum absolute atomic E-state index is 12.0. The molecule has 3 N–H and O–H groups in total. The Balaban J connectivity index is 0. The van der Waals surface area contributed by atoms with E-state index in [4.69, 9.17) is 15.3 Å². The SMILES string of the molecule is C=CC(=O)O.OCC(O)CC(F)(F)C(F)(F)F. The predicted molar refractivity (Wildman–Crippen MR) is 46.5 cm³/mol. The normalized spacial score (nSPS) is 13.4. The van der Waals surface area contributed by atoms with Gasteiger partial charge in [0.05, 0.1) is 12.7 Å². The number of alkyl halides is 5. The molecule has 0 aromatic carbocycles. The monoisotopic (exact) mass is 266 g/mol. The number of halogens is 5. The van der Waals surface area contributed by atoms with Crippen LogP contribution in [0.3, 0.4) is 0 Å². The van der Waals surface area contributed by atoms with Gasteiger partial charge in [0.1, 0.15) is 0 Å². The van der Waals surface area contributed by atoms with Crippen LogP contribution in [-0.2, 0) is 4.79 Å². The maximum Gasteiger partial charge on any atom is 0.453 e. The van der Waals surface area contributed by atoms with Crippen LogP contribution < -0.4 is 0 Å². The summed E-state index contributed by atoms with van der Waals surface area (Å²) in [6, 6.07) is 0. The molecule has 0 fully saturated rings. The Morgan fingerprint density at radius 3 is 1.82 bits per heavy atom. The Kier molecular flexibility index (Phi) is 7.66. The first kappa shape index (κ1) is 18.2. The van der Waals surface area contributed by atoms with Crippen molar-refractivity contribution in [3.05, 3.63) is 12.7 Å². The van der Waals surface area contributed by atoms with Gasteiger partial charge < -0.3 is 15.3 Å². The number of aliphatic hydroxyl groups excluding tert-OH is 2. The molecular formula is C8H11F5O4. The Labute approximate surface area is 93.0 Å². The van der Waals surface area contributed by atoms with Crippen molar-refractivity contribution in [1.82, 2.24) is 0 Å². The molecule has 0 spiro atoms. The Morgan fingerprint density at radius 2 is 1.65 bits per heavy atom. The van der Waals surface area contributed by atoms with Gasteiger partial charge >= 0.3 is 18.1 Å². The minimum Gasteiger partial charge on any atom is -0.478 e. The van der Waals surface area contributed by atoms with E-state index in [1.165, 1.54) is 0 Å². The Morgan fingerprint density at radius 1 is 1.29 bits per heavy atom. The Hall–Kier alpha value is -1.22. The molecule has 0 saturated heterocycles. The first-order valence-corrected chi connectivity index (χ1v) is 4.06. The number of hydrogen-bond donors (Lipinski definition) is 3. The molecule has 9 heteroatoms. The molecule has 0 rings (SSSR count). The second-order valence-electron chi connectivity index (χ2n) is 2.79. The summed E-state index contributed by atoms with van der Waals surface area (Å²) in [4.78, 5) is 9.25. The fourth-order valence-corrected chi connectivity index (χ4v) is 0.476. The molecule has 0 radical (unpaired) electrons. The fraction of sp³-hybridized carbons (Fsp3) is 0.625. The first-order chi connectivity index (χ1) is 7.47. The van der Waals surface area contributed by atoms with Gasteiger partial charge in [0.2, 0.25) is 0 Å². The third kappa shape index (κ3) is 8.57. The van der Waals surface area contributed by atoms with Crippen LogP contribution in [0, 0.1) is 0 Å². The summed E-state index contributed by atoms with van der Waals surface area (Å²) in [6.07, 6.45) is -8.71. The van der Waals surface area contributed by atoms with Crippen LogP contribution in [0.15, 0.2) is 12.7 Å². The molecular weight excluding hydrogens is 255 g/mol. The molecule has 0 aliphatic heterocycles. The van der Waals surface area contributed by atoms with Crippen LogP contribution >= 0.6 is 0 Å². The van der Waals surface area contributed by atoms with Crippen molar-refractivity contribution in [2.24, 2.45) is 0 Å². The van der Waals surface area contributed by atoms with Crippen molar-refractivity contribution in [2.45, 2.75) is 24.6 Å². The summed E-state index contributed by atoms with van der Waals surface area (Å²) >= 11 is 0. The number of carbonyl (C=O) groups is 1. The maximum atomic E-state index is 12.0. The third-order valence-electron chi connectivity index (χ3n) is 1.29. The topological polar surface area (TPSA) is 77.8 Å². The zero-order valence-electron chi connectivity index (χ0n) is 8.42. The number of aliphatic hydroxyl groups is 2. The van der Waals surface area contributed by atoms with E-state index in [1.54, 1.807) is 0 Å². The number of carboxylic acids is 1. The van der Waals surface area contributed by atoms with E-state index in [0.717, 1.165) is 6.08 Å². The summed E-state index contributed by atoms with van der Waals surface area (Å²) < 4.78 is 58.1.